The number of nitrogens with one attached hydrogen (secondary N) is 1. The number of tetrazole rings is 1. The lowest BCUT2D eigenvalue weighted by atomic mass is 10.1. The molecule has 5 nitrogen and oxygen atoms in total. The summed E-state index contributed by atoms with van der Waals surface area (Å²) in [6, 6.07) is 8.07. The first kappa shape index (κ1) is 11.3. The highest BCUT2D eigenvalue weighted by atomic mass is 15.6. The maximum Gasteiger partial charge on any atom is 0.175 e. The van der Waals surface area contributed by atoms with E-state index >= 15 is 0 Å². The Morgan fingerprint density at radius 1 is 1.39 bits per heavy atom. The van der Waals surface area contributed by atoms with E-state index in [4.69, 9.17) is 0 Å². The van der Waals surface area contributed by atoms with Crippen LogP contribution in [0.25, 0.3) is 5.69 Å². The van der Waals surface area contributed by atoms with E-state index in [1.54, 1.807) is 4.80 Å². The van der Waals surface area contributed by atoms with Gasteiger partial charge < -0.3 is 5.32 Å². The lowest BCUT2D eigenvalue weighted by Gasteiger charge is -2.03. The van der Waals surface area contributed by atoms with Crippen molar-refractivity contribution in [2.24, 2.45) is 5.92 Å². The number of rotatable bonds is 3. The normalized spacial score (nSPS) is 19.3. The Labute approximate surface area is 106 Å². The van der Waals surface area contributed by atoms with Crippen molar-refractivity contribution >= 4 is 0 Å². The van der Waals surface area contributed by atoms with Crippen LogP contribution in [0.1, 0.15) is 17.8 Å². The Balaban J connectivity index is 1.79. The maximum atomic E-state index is 4.47. The molecule has 0 radical (unpaired) electrons. The van der Waals surface area contributed by atoms with E-state index in [0.717, 1.165) is 36.6 Å². The molecule has 1 atom stereocenters. The van der Waals surface area contributed by atoms with E-state index in [9.17, 15) is 0 Å². The SMILES string of the molecule is Cc1ccccc1-n1nnc(CC2CCNC2)n1. The fourth-order valence-corrected chi connectivity index (χ4v) is 2.36. The zero-order valence-electron chi connectivity index (χ0n) is 10.5. The monoisotopic (exact) mass is 243 g/mol. The second-order valence-corrected chi connectivity index (χ2v) is 4.84. The van der Waals surface area contributed by atoms with Crippen molar-refractivity contribution < 1.29 is 0 Å². The van der Waals surface area contributed by atoms with Crippen LogP contribution in [0.5, 0.6) is 0 Å². The predicted octanol–water partition coefficient (Wildman–Crippen LogP) is 1.12. The standard InChI is InChI=1S/C13H17N5/c1-10-4-2-3-5-12(10)18-16-13(15-17-18)8-11-6-7-14-9-11/h2-5,11,14H,6-9H2,1H3. The van der Waals surface area contributed by atoms with Crippen LogP contribution in [0.2, 0.25) is 0 Å². The number of benzene rings is 1. The highest BCUT2D eigenvalue weighted by Gasteiger charge is 2.17. The number of nitrogens with zero attached hydrogens (tertiary/aromatic N) is 4. The zero-order valence-corrected chi connectivity index (χ0v) is 10.5. The summed E-state index contributed by atoms with van der Waals surface area (Å²) in [5, 5.41) is 16.1. The Morgan fingerprint density at radius 3 is 3.06 bits per heavy atom. The summed E-state index contributed by atoms with van der Waals surface area (Å²) in [6.07, 6.45) is 2.12. The molecule has 1 aromatic carbocycles. The summed E-state index contributed by atoms with van der Waals surface area (Å²) in [7, 11) is 0. The molecule has 5 heteroatoms. The minimum atomic E-state index is 0.652. The molecule has 1 fully saturated rings. The van der Waals surface area contributed by atoms with Crippen LogP contribution in [-0.4, -0.2) is 33.3 Å². The summed E-state index contributed by atoms with van der Waals surface area (Å²) in [5.74, 6) is 1.49. The van der Waals surface area contributed by atoms with Crippen LogP contribution in [0.3, 0.4) is 0 Å². The van der Waals surface area contributed by atoms with Crippen molar-refractivity contribution in [1.82, 2.24) is 25.5 Å². The van der Waals surface area contributed by atoms with Gasteiger partial charge in [0.25, 0.3) is 0 Å². The first-order chi connectivity index (χ1) is 8.83. The Morgan fingerprint density at radius 2 is 2.28 bits per heavy atom. The van der Waals surface area contributed by atoms with Crippen LogP contribution in [0.4, 0.5) is 0 Å². The van der Waals surface area contributed by atoms with Crippen molar-refractivity contribution in [3.8, 4) is 5.69 Å². The fraction of sp³-hybridized carbons (Fsp3) is 0.462. The van der Waals surface area contributed by atoms with Crippen LogP contribution in [-0.2, 0) is 6.42 Å². The third-order valence-electron chi connectivity index (χ3n) is 3.42. The molecule has 0 aliphatic carbocycles. The quantitative estimate of drug-likeness (QED) is 0.877. The molecule has 1 N–H and O–H groups in total. The van der Waals surface area contributed by atoms with Gasteiger partial charge in [-0.25, -0.2) is 0 Å². The Kier molecular flexibility index (Phi) is 3.06. The lowest BCUT2D eigenvalue weighted by molar-refractivity contribution is 0.560. The van der Waals surface area contributed by atoms with E-state index in [0.29, 0.717) is 5.92 Å². The van der Waals surface area contributed by atoms with Crippen molar-refractivity contribution in [3.05, 3.63) is 35.7 Å². The molecule has 0 bridgehead atoms. The average Bonchev–Trinajstić information content (AvgIpc) is 3.02. The fourth-order valence-electron chi connectivity index (χ4n) is 2.36. The van der Waals surface area contributed by atoms with Gasteiger partial charge in [-0.05, 0) is 49.2 Å². The second-order valence-electron chi connectivity index (χ2n) is 4.84. The molecule has 18 heavy (non-hydrogen) atoms. The Hall–Kier alpha value is -1.75. The number of aromatic nitrogens is 4. The van der Waals surface area contributed by atoms with E-state index in [2.05, 4.69) is 33.7 Å². The zero-order chi connectivity index (χ0) is 12.4. The van der Waals surface area contributed by atoms with Crippen LogP contribution in [0, 0.1) is 12.8 Å². The largest absolute Gasteiger partial charge is 0.316 e. The lowest BCUT2D eigenvalue weighted by Crippen LogP contribution is -2.11. The summed E-state index contributed by atoms with van der Waals surface area (Å²) >= 11 is 0. The molecule has 1 aliphatic rings. The Bertz CT molecular complexity index is 528. The summed E-state index contributed by atoms with van der Waals surface area (Å²) in [5.41, 5.74) is 2.16. The van der Waals surface area contributed by atoms with Gasteiger partial charge in [0.1, 0.15) is 0 Å². The van der Waals surface area contributed by atoms with Crippen LogP contribution >= 0.6 is 0 Å². The predicted molar refractivity (Wildman–Crippen MR) is 68.6 cm³/mol. The van der Waals surface area contributed by atoms with Crippen molar-refractivity contribution in [2.45, 2.75) is 19.8 Å². The van der Waals surface area contributed by atoms with Crippen molar-refractivity contribution in [1.29, 1.82) is 0 Å². The van der Waals surface area contributed by atoms with Gasteiger partial charge >= 0.3 is 0 Å². The number of aryl methyl sites for hydroxylation is 1. The minimum Gasteiger partial charge on any atom is -0.316 e. The first-order valence-electron chi connectivity index (χ1n) is 6.38. The first-order valence-corrected chi connectivity index (χ1v) is 6.38. The maximum absolute atomic E-state index is 4.47. The minimum absolute atomic E-state index is 0.652. The molecule has 94 valence electrons. The smallest absolute Gasteiger partial charge is 0.175 e. The van der Waals surface area contributed by atoms with Gasteiger partial charge in [0, 0.05) is 6.42 Å². The van der Waals surface area contributed by atoms with Gasteiger partial charge in [-0.15, -0.1) is 15.0 Å². The molecule has 1 aromatic heterocycles. The van der Waals surface area contributed by atoms with Crippen LogP contribution in [0.15, 0.2) is 24.3 Å². The molecule has 0 spiro atoms. The van der Waals surface area contributed by atoms with Crippen molar-refractivity contribution in [2.75, 3.05) is 13.1 Å². The molecule has 1 aliphatic heterocycles. The topological polar surface area (TPSA) is 55.6 Å². The molecule has 0 amide bonds. The third kappa shape index (κ3) is 2.26. The van der Waals surface area contributed by atoms with E-state index in [-0.39, 0.29) is 0 Å². The molecule has 1 saturated heterocycles. The van der Waals surface area contributed by atoms with Crippen LogP contribution < -0.4 is 5.32 Å². The third-order valence-corrected chi connectivity index (χ3v) is 3.42. The summed E-state index contributed by atoms with van der Waals surface area (Å²) < 4.78 is 0. The van der Waals surface area contributed by atoms with E-state index < -0.39 is 0 Å². The number of hydrogen-bond acceptors (Lipinski definition) is 4. The van der Waals surface area contributed by atoms with Gasteiger partial charge in [-0.2, -0.15) is 0 Å². The van der Waals surface area contributed by atoms with Gasteiger partial charge in [-0.1, -0.05) is 18.2 Å². The highest BCUT2D eigenvalue weighted by molar-refractivity contribution is 5.37. The number of para-hydroxylation sites is 1. The second kappa shape index (κ2) is 4.86. The molecule has 3 rings (SSSR count). The summed E-state index contributed by atoms with van der Waals surface area (Å²) in [6.45, 7) is 4.23. The molecular formula is C13H17N5. The van der Waals surface area contributed by atoms with E-state index in [1.165, 1.54) is 6.42 Å². The molecular weight excluding hydrogens is 226 g/mol. The molecule has 2 heterocycles. The molecule has 1 unspecified atom stereocenters. The molecule has 2 aromatic rings. The summed E-state index contributed by atoms with van der Waals surface area (Å²) in [4.78, 5) is 1.63. The van der Waals surface area contributed by atoms with Gasteiger partial charge in [-0.3, -0.25) is 0 Å². The van der Waals surface area contributed by atoms with Gasteiger partial charge in [0.2, 0.25) is 0 Å². The van der Waals surface area contributed by atoms with Crippen molar-refractivity contribution in [3.63, 3.8) is 0 Å². The van der Waals surface area contributed by atoms with Gasteiger partial charge in [0.15, 0.2) is 5.82 Å². The van der Waals surface area contributed by atoms with E-state index in [1.807, 2.05) is 18.2 Å². The highest BCUT2D eigenvalue weighted by Crippen LogP contribution is 2.14. The average molecular weight is 243 g/mol. The number of hydrogen-bond donors (Lipinski definition) is 1. The molecule has 0 saturated carbocycles. The van der Waals surface area contributed by atoms with Gasteiger partial charge in [0.05, 0.1) is 5.69 Å².